The van der Waals surface area contributed by atoms with Crippen LogP contribution in [-0.2, 0) is 4.74 Å². The second-order valence-corrected chi connectivity index (χ2v) is 3.39. The minimum Gasteiger partial charge on any atom is -0.365 e. The summed E-state index contributed by atoms with van der Waals surface area (Å²) in [6, 6.07) is 8.41. The Hall–Kier alpha value is -1.02. The standard InChI is InChI=1S/C11H17NO/c1-9(2)10-5-4-6-11(7-10)12-8-13-3/h4-7,9,12H,8H2,1-3H3. The highest BCUT2D eigenvalue weighted by molar-refractivity contribution is 5.46. The number of hydrogen-bond acceptors (Lipinski definition) is 2. The molecular weight excluding hydrogens is 162 g/mol. The summed E-state index contributed by atoms with van der Waals surface area (Å²) in [7, 11) is 1.68. The van der Waals surface area contributed by atoms with Crippen molar-refractivity contribution in [1.29, 1.82) is 0 Å². The molecule has 72 valence electrons. The molecule has 1 N–H and O–H groups in total. The molecule has 0 saturated carbocycles. The molecule has 1 aromatic rings. The molecule has 0 saturated heterocycles. The predicted molar refractivity (Wildman–Crippen MR) is 56.0 cm³/mol. The van der Waals surface area contributed by atoms with E-state index in [-0.39, 0.29) is 0 Å². The number of nitrogens with one attached hydrogen (secondary N) is 1. The van der Waals surface area contributed by atoms with E-state index in [4.69, 9.17) is 4.74 Å². The predicted octanol–water partition coefficient (Wildman–Crippen LogP) is 2.83. The smallest absolute Gasteiger partial charge is 0.116 e. The molecule has 0 aliphatic rings. The van der Waals surface area contributed by atoms with E-state index in [0.717, 1.165) is 5.69 Å². The van der Waals surface area contributed by atoms with Crippen LogP contribution < -0.4 is 5.32 Å². The first-order chi connectivity index (χ1) is 6.24. The molecule has 13 heavy (non-hydrogen) atoms. The summed E-state index contributed by atoms with van der Waals surface area (Å²) in [5, 5.41) is 3.17. The third-order valence-corrected chi connectivity index (χ3v) is 1.97. The second-order valence-electron chi connectivity index (χ2n) is 3.39. The monoisotopic (exact) mass is 179 g/mol. The number of methoxy groups -OCH3 is 1. The zero-order chi connectivity index (χ0) is 9.68. The first-order valence-corrected chi connectivity index (χ1v) is 4.57. The highest BCUT2D eigenvalue weighted by Crippen LogP contribution is 2.18. The minimum absolute atomic E-state index is 0.557. The van der Waals surface area contributed by atoms with E-state index in [1.54, 1.807) is 7.11 Å². The van der Waals surface area contributed by atoms with E-state index >= 15 is 0 Å². The van der Waals surface area contributed by atoms with Crippen LogP contribution in [0.1, 0.15) is 25.3 Å². The number of anilines is 1. The van der Waals surface area contributed by atoms with Gasteiger partial charge in [-0.1, -0.05) is 26.0 Å². The normalized spacial score (nSPS) is 10.5. The molecule has 0 bridgehead atoms. The lowest BCUT2D eigenvalue weighted by Gasteiger charge is -2.09. The molecule has 0 heterocycles. The van der Waals surface area contributed by atoms with Crippen molar-refractivity contribution < 1.29 is 4.74 Å². The quantitative estimate of drug-likeness (QED) is 0.718. The first kappa shape index (κ1) is 10.1. The van der Waals surface area contributed by atoms with Crippen LogP contribution in [0.4, 0.5) is 5.69 Å². The Morgan fingerprint density at radius 3 is 2.77 bits per heavy atom. The van der Waals surface area contributed by atoms with Crippen LogP contribution in [0.2, 0.25) is 0 Å². The number of hydrogen-bond donors (Lipinski definition) is 1. The Morgan fingerprint density at radius 1 is 1.38 bits per heavy atom. The molecule has 0 atom stereocenters. The molecular formula is C11H17NO. The molecule has 0 aliphatic heterocycles. The average Bonchev–Trinajstić information content (AvgIpc) is 2.15. The van der Waals surface area contributed by atoms with Gasteiger partial charge in [0.2, 0.25) is 0 Å². The Kier molecular flexibility index (Phi) is 3.77. The maximum Gasteiger partial charge on any atom is 0.116 e. The zero-order valence-electron chi connectivity index (χ0n) is 8.50. The minimum atomic E-state index is 0.557. The topological polar surface area (TPSA) is 21.3 Å². The summed E-state index contributed by atoms with van der Waals surface area (Å²) in [5.41, 5.74) is 2.47. The van der Waals surface area contributed by atoms with Gasteiger partial charge in [0.25, 0.3) is 0 Å². The molecule has 1 rings (SSSR count). The van der Waals surface area contributed by atoms with E-state index in [2.05, 4.69) is 37.4 Å². The lowest BCUT2D eigenvalue weighted by atomic mass is 10.0. The maximum atomic E-state index is 4.93. The Bertz CT molecular complexity index is 258. The molecule has 0 unspecified atom stereocenters. The van der Waals surface area contributed by atoms with Gasteiger partial charge in [-0.3, -0.25) is 0 Å². The van der Waals surface area contributed by atoms with Gasteiger partial charge in [-0.25, -0.2) is 0 Å². The van der Waals surface area contributed by atoms with E-state index in [0.29, 0.717) is 12.6 Å². The van der Waals surface area contributed by atoms with Gasteiger partial charge in [0.05, 0.1) is 0 Å². The van der Waals surface area contributed by atoms with Crippen LogP contribution >= 0.6 is 0 Å². The van der Waals surface area contributed by atoms with Crippen LogP contribution in [0.25, 0.3) is 0 Å². The fourth-order valence-corrected chi connectivity index (χ4v) is 1.16. The molecule has 0 radical (unpaired) electrons. The van der Waals surface area contributed by atoms with Crippen molar-refractivity contribution in [3.05, 3.63) is 29.8 Å². The van der Waals surface area contributed by atoms with Gasteiger partial charge in [-0.15, -0.1) is 0 Å². The van der Waals surface area contributed by atoms with Gasteiger partial charge in [-0.2, -0.15) is 0 Å². The van der Waals surface area contributed by atoms with Gasteiger partial charge in [0.15, 0.2) is 0 Å². The van der Waals surface area contributed by atoms with Gasteiger partial charge >= 0.3 is 0 Å². The number of benzene rings is 1. The lowest BCUT2D eigenvalue weighted by molar-refractivity contribution is 0.221. The molecule has 0 spiro atoms. The third-order valence-electron chi connectivity index (χ3n) is 1.97. The zero-order valence-corrected chi connectivity index (χ0v) is 8.50. The molecule has 1 aromatic carbocycles. The number of ether oxygens (including phenoxy) is 1. The summed E-state index contributed by atoms with van der Waals surface area (Å²) < 4.78 is 4.93. The van der Waals surface area contributed by atoms with Crippen molar-refractivity contribution >= 4 is 5.69 Å². The Labute approximate surface area is 79.9 Å². The molecule has 0 aliphatic carbocycles. The van der Waals surface area contributed by atoms with Gasteiger partial charge in [0, 0.05) is 12.8 Å². The lowest BCUT2D eigenvalue weighted by Crippen LogP contribution is -2.03. The van der Waals surface area contributed by atoms with E-state index in [9.17, 15) is 0 Å². The van der Waals surface area contributed by atoms with Crippen molar-refractivity contribution in [3.63, 3.8) is 0 Å². The van der Waals surface area contributed by atoms with E-state index < -0.39 is 0 Å². The molecule has 0 aromatic heterocycles. The summed E-state index contributed by atoms with van der Waals surface area (Å²) in [6.45, 7) is 4.94. The van der Waals surface area contributed by atoms with Crippen molar-refractivity contribution in [2.45, 2.75) is 19.8 Å². The average molecular weight is 179 g/mol. The van der Waals surface area contributed by atoms with E-state index in [1.807, 2.05) is 6.07 Å². The summed E-state index contributed by atoms with van der Waals surface area (Å²) in [6.07, 6.45) is 0. The van der Waals surface area contributed by atoms with Crippen molar-refractivity contribution in [3.8, 4) is 0 Å². The summed E-state index contributed by atoms with van der Waals surface area (Å²) in [5.74, 6) is 0.573. The molecule has 2 nitrogen and oxygen atoms in total. The third kappa shape index (κ3) is 3.07. The van der Waals surface area contributed by atoms with Crippen LogP contribution in [0, 0.1) is 0 Å². The molecule has 0 amide bonds. The summed E-state index contributed by atoms with van der Waals surface area (Å²) in [4.78, 5) is 0. The largest absolute Gasteiger partial charge is 0.365 e. The fourth-order valence-electron chi connectivity index (χ4n) is 1.16. The van der Waals surface area contributed by atoms with Crippen LogP contribution in [0.5, 0.6) is 0 Å². The Morgan fingerprint density at radius 2 is 2.15 bits per heavy atom. The van der Waals surface area contributed by atoms with Crippen LogP contribution in [-0.4, -0.2) is 13.8 Å². The SMILES string of the molecule is COCNc1cccc(C(C)C)c1. The molecule has 2 heteroatoms. The van der Waals surface area contributed by atoms with Crippen molar-refractivity contribution in [2.75, 3.05) is 19.2 Å². The second kappa shape index (κ2) is 4.87. The number of rotatable bonds is 4. The highest BCUT2D eigenvalue weighted by atomic mass is 16.5. The fraction of sp³-hybridized carbons (Fsp3) is 0.455. The van der Waals surface area contributed by atoms with Crippen molar-refractivity contribution in [2.24, 2.45) is 0 Å². The molecule has 0 fully saturated rings. The highest BCUT2D eigenvalue weighted by Gasteiger charge is 1.98. The maximum absolute atomic E-state index is 4.93. The van der Waals surface area contributed by atoms with Gasteiger partial charge in [0.1, 0.15) is 6.73 Å². The van der Waals surface area contributed by atoms with Gasteiger partial charge < -0.3 is 10.1 Å². The van der Waals surface area contributed by atoms with Crippen LogP contribution in [0.15, 0.2) is 24.3 Å². The van der Waals surface area contributed by atoms with Crippen LogP contribution in [0.3, 0.4) is 0 Å². The Balaban J connectivity index is 2.68. The van der Waals surface area contributed by atoms with Gasteiger partial charge in [-0.05, 0) is 23.6 Å². The first-order valence-electron chi connectivity index (χ1n) is 4.57. The van der Waals surface area contributed by atoms with Crippen molar-refractivity contribution in [1.82, 2.24) is 0 Å². The van der Waals surface area contributed by atoms with E-state index in [1.165, 1.54) is 5.56 Å². The summed E-state index contributed by atoms with van der Waals surface area (Å²) >= 11 is 0.